The van der Waals surface area contributed by atoms with E-state index in [1.54, 1.807) is 6.92 Å². The van der Waals surface area contributed by atoms with Gasteiger partial charge in [0.1, 0.15) is 12.4 Å². The van der Waals surface area contributed by atoms with Crippen LogP contribution in [0.1, 0.15) is 31.4 Å². The fourth-order valence-corrected chi connectivity index (χ4v) is 1.89. The van der Waals surface area contributed by atoms with E-state index in [-0.39, 0.29) is 11.9 Å². The first kappa shape index (κ1) is 11.9. The Morgan fingerprint density at radius 1 is 1.59 bits per heavy atom. The van der Waals surface area contributed by atoms with Gasteiger partial charge < -0.3 is 15.2 Å². The van der Waals surface area contributed by atoms with Crippen LogP contribution < -0.4 is 10.1 Å². The van der Waals surface area contributed by atoms with Crippen LogP contribution in [0.2, 0.25) is 0 Å². The molecule has 92 valence electrons. The molecule has 4 heteroatoms. The van der Waals surface area contributed by atoms with Gasteiger partial charge >= 0.3 is 0 Å². The number of carbonyl (C=O) groups is 1. The zero-order chi connectivity index (χ0) is 12.3. The fourth-order valence-electron chi connectivity index (χ4n) is 1.89. The SMILES string of the molecule is CC(O)CCC(=O)NC1COc2ccccc21. The van der Waals surface area contributed by atoms with Gasteiger partial charge in [-0.3, -0.25) is 4.79 Å². The molecular formula is C13H17NO3. The van der Waals surface area contributed by atoms with Crippen molar-refractivity contribution in [3.8, 4) is 5.75 Å². The number of hydrogen-bond acceptors (Lipinski definition) is 3. The molecular weight excluding hydrogens is 218 g/mol. The Morgan fingerprint density at radius 3 is 3.12 bits per heavy atom. The predicted molar refractivity (Wildman–Crippen MR) is 63.7 cm³/mol. The molecule has 1 aromatic carbocycles. The van der Waals surface area contributed by atoms with E-state index in [9.17, 15) is 4.79 Å². The van der Waals surface area contributed by atoms with Crippen LogP contribution in [0.3, 0.4) is 0 Å². The lowest BCUT2D eigenvalue weighted by Crippen LogP contribution is -2.29. The van der Waals surface area contributed by atoms with Crippen LogP contribution in [0.25, 0.3) is 0 Å². The van der Waals surface area contributed by atoms with Crippen molar-refractivity contribution >= 4 is 5.91 Å². The molecule has 2 N–H and O–H groups in total. The first-order valence-corrected chi connectivity index (χ1v) is 5.86. The highest BCUT2D eigenvalue weighted by Gasteiger charge is 2.24. The fraction of sp³-hybridized carbons (Fsp3) is 0.462. The minimum Gasteiger partial charge on any atom is -0.491 e. The first-order chi connectivity index (χ1) is 8.16. The van der Waals surface area contributed by atoms with Gasteiger partial charge in [0, 0.05) is 12.0 Å². The lowest BCUT2D eigenvalue weighted by molar-refractivity contribution is -0.122. The molecule has 0 aromatic heterocycles. The number of amides is 1. The van der Waals surface area contributed by atoms with Crippen LogP contribution in [0.4, 0.5) is 0 Å². The molecule has 0 fully saturated rings. The molecule has 1 aliphatic rings. The van der Waals surface area contributed by atoms with Crippen LogP contribution >= 0.6 is 0 Å². The van der Waals surface area contributed by atoms with Crippen molar-refractivity contribution in [1.29, 1.82) is 0 Å². The zero-order valence-electron chi connectivity index (χ0n) is 9.85. The van der Waals surface area contributed by atoms with E-state index in [1.807, 2.05) is 24.3 Å². The van der Waals surface area contributed by atoms with Crippen molar-refractivity contribution in [3.05, 3.63) is 29.8 Å². The van der Waals surface area contributed by atoms with Gasteiger partial charge in [-0.25, -0.2) is 0 Å². The van der Waals surface area contributed by atoms with E-state index in [0.29, 0.717) is 19.4 Å². The lowest BCUT2D eigenvalue weighted by Gasteiger charge is -2.12. The topological polar surface area (TPSA) is 58.6 Å². The second kappa shape index (κ2) is 5.19. The van der Waals surface area contributed by atoms with Gasteiger partial charge in [0.15, 0.2) is 0 Å². The van der Waals surface area contributed by atoms with E-state index in [4.69, 9.17) is 9.84 Å². The maximum absolute atomic E-state index is 11.6. The molecule has 1 aromatic rings. The normalized spacial score (nSPS) is 19.3. The summed E-state index contributed by atoms with van der Waals surface area (Å²) in [6.45, 7) is 2.17. The van der Waals surface area contributed by atoms with Crippen molar-refractivity contribution in [2.75, 3.05) is 6.61 Å². The Kier molecular flexibility index (Phi) is 3.64. The molecule has 0 bridgehead atoms. The summed E-state index contributed by atoms with van der Waals surface area (Å²) in [6.07, 6.45) is 0.394. The van der Waals surface area contributed by atoms with Gasteiger partial charge in [-0.1, -0.05) is 18.2 Å². The Hall–Kier alpha value is -1.55. The van der Waals surface area contributed by atoms with Crippen molar-refractivity contribution in [2.45, 2.75) is 31.9 Å². The third kappa shape index (κ3) is 2.97. The van der Waals surface area contributed by atoms with Crippen molar-refractivity contribution < 1.29 is 14.6 Å². The monoisotopic (exact) mass is 235 g/mol. The maximum Gasteiger partial charge on any atom is 0.220 e. The number of rotatable bonds is 4. The van der Waals surface area contributed by atoms with Crippen molar-refractivity contribution in [3.63, 3.8) is 0 Å². The van der Waals surface area contributed by atoms with E-state index in [2.05, 4.69) is 5.32 Å². The summed E-state index contributed by atoms with van der Waals surface area (Å²) in [7, 11) is 0. The highest BCUT2D eigenvalue weighted by atomic mass is 16.5. The average molecular weight is 235 g/mol. The summed E-state index contributed by atoms with van der Waals surface area (Å²) in [6, 6.07) is 7.64. The van der Waals surface area contributed by atoms with Crippen molar-refractivity contribution in [2.24, 2.45) is 0 Å². The molecule has 1 amide bonds. The third-order valence-electron chi connectivity index (χ3n) is 2.82. The Labute approximate surface area is 101 Å². The van der Waals surface area contributed by atoms with Crippen LogP contribution in [0.5, 0.6) is 5.75 Å². The minimum absolute atomic E-state index is 0.0452. The summed E-state index contributed by atoms with van der Waals surface area (Å²) < 4.78 is 5.47. The Morgan fingerprint density at radius 2 is 2.35 bits per heavy atom. The second-order valence-electron chi connectivity index (χ2n) is 4.36. The minimum atomic E-state index is -0.437. The maximum atomic E-state index is 11.6. The molecule has 2 rings (SSSR count). The van der Waals surface area contributed by atoms with Crippen LogP contribution in [-0.2, 0) is 4.79 Å². The number of benzene rings is 1. The standard InChI is InChI=1S/C13H17NO3/c1-9(15)6-7-13(16)14-11-8-17-12-5-3-2-4-10(11)12/h2-5,9,11,15H,6-8H2,1H3,(H,14,16). The Bertz CT molecular complexity index is 403. The van der Waals surface area contributed by atoms with Gasteiger partial charge in [0.05, 0.1) is 12.1 Å². The summed E-state index contributed by atoms with van der Waals surface area (Å²) >= 11 is 0. The number of aliphatic hydroxyl groups is 1. The molecule has 0 aliphatic carbocycles. The van der Waals surface area contributed by atoms with Crippen LogP contribution in [0.15, 0.2) is 24.3 Å². The van der Waals surface area contributed by atoms with Crippen LogP contribution in [-0.4, -0.2) is 23.7 Å². The highest BCUT2D eigenvalue weighted by molar-refractivity contribution is 5.76. The quantitative estimate of drug-likeness (QED) is 0.829. The van der Waals surface area contributed by atoms with Gasteiger partial charge in [-0.2, -0.15) is 0 Å². The number of ether oxygens (including phenoxy) is 1. The molecule has 0 spiro atoms. The summed E-state index contributed by atoms with van der Waals surface area (Å²) in [5, 5.41) is 12.0. The van der Waals surface area contributed by atoms with E-state index < -0.39 is 6.10 Å². The summed E-state index contributed by atoms with van der Waals surface area (Å²) in [5.41, 5.74) is 1.03. The van der Waals surface area contributed by atoms with Crippen molar-refractivity contribution in [1.82, 2.24) is 5.32 Å². The van der Waals surface area contributed by atoms with Crippen LogP contribution in [0, 0.1) is 0 Å². The number of aliphatic hydroxyl groups excluding tert-OH is 1. The van der Waals surface area contributed by atoms with E-state index in [1.165, 1.54) is 0 Å². The predicted octanol–water partition coefficient (Wildman–Crippen LogP) is 1.40. The highest BCUT2D eigenvalue weighted by Crippen LogP contribution is 2.31. The van der Waals surface area contributed by atoms with Gasteiger partial charge in [0.25, 0.3) is 0 Å². The smallest absolute Gasteiger partial charge is 0.220 e. The second-order valence-corrected chi connectivity index (χ2v) is 4.36. The molecule has 1 heterocycles. The molecule has 2 unspecified atom stereocenters. The number of para-hydroxylation sites is 1. The van der Waals surface area contributed by atoms with E-state index in [0.717, 1.165) is 11.3 Å². The number of nitrogens with one attached hydrogen (secondary N) is 1. The first-order valence-electron chi connectivity index (χ1n) is 5.86. The average Bonchev–Trinajstić information content (AvgIpc) is 2.70. The molecule has 0 saturated carbocycles. The molecule has 0 radical (unpaired) electrons. The van der Waals surface area contributed by atoms with Gasteiger partial charge in [-0.05, 0) is 19.4 Å². The number of carbonyl (C=O) groups excluding carboxylic acids is 1. The Balaban J connectivity index is 1.91. The molecule has 17 heavy (non-hydrogen) atoms. The summed E-state index contributed by atoms with van der Waals surface area (Å²) in [4.78, 5) is 11.6. The van der Waals surface area contributed by atoms with E-state index >= 15 is 0 Å². The largest absolute Gasteiger partial charge is 0.491 e. The molecule has 2 atom stereocenters. The molecule has 0 saturated heterocycles. The summed E-state index contributed by atoms with van der Waals surface area (Å²) in [5.74, 6) is 0.796. The zero-order valence-corrected chi connectivity index (χ0v) is 9.85. The van der Waals surface area contributed by atoms with Gasteiger partial charge in [-0.15, -0.1) is 0 Å². The number of fused-ring (bicyclic) bond motifs is 1. The van der Waals surface area contributed by atoms with Gasteiger partial charge in [0.2, 0.25) is 5.91 Å². The molecule has 1 aliphatic heterocycles. The lowest BCUT2D eigenvalue weighted by atomic mass is 10.1. The molecule has 4 nitrogen and oxygen atoms in total. The third-order valence-corrected chi connectivity index (χ3v) is 2.82. The number of hydrogen-bond donors (Lipinski definition) is 2.